The third-order valence-corrected chi connectivity index (χ3v) is 5.84. The number of hydrogen-bond acceptors (Lipinski definition) is 5. The normalized spacial score (nSPS) is 16.6. The van der Waals surface area contributed by atoms with E-state index in [0.29, 0.717) is 19.4 Å². The summed E-state index contributed by atoms with van der Waals surface area (Å²) in [6, 6.07) is 9.63. The minimum absolute atomic E-state index is 0.101. The van der Waals surface area contributed by atoms with Crippen LogP contribution in [0.5, 0.6) is 0 Å². The van der Waals surface area contributed by atoms with Crippen molar-refractivity contribution in [2.75, 3.05) is 6.54 Å². The molecule has 27 heavy (non-hydrogen) atoms. The average Bonchev–Trinajstić information content (AvgIpc) is 3.45. The minimum atomic E-state index is -0.295. The van der Waals surface area contributed by atoms with Crippen molar-refractivity contribution in [3.8, 4) is 0 Å². The lowest BCUT2D eigenvalue weighted by Crippen LogP contribution is -2.40. The molecule has 4 aromatic rings. The van der Waals surface area contributed by atoms with Gasteiger partial charge in [-0.1, -0.05) is 18.2 Å². The van der Waals surface area contributed by atoms with Crippen LogP contribution in [0.15, 0.2) is 52.7 Å². The van der Waals surface area contributed by atoms with Crippen LogP contribution in [-0.2, 0) is 17.6 Å². The number of benzene rings is 1. The van der Waals surface area contributed by atoms with Gasteiger partial charge in [-0.15, -0.1) is 11.3 Å². The standard InChI is InChI=1S/C20H18N4O2S/c25-18(6-5-17-21-8-10-27-17)24-9-7-14-19(23-12-22-14)20(24)16-11-13-3-1-2-4-15(13)26-16/h1-4,8,10-12,20H,5-7,9H2,(H,22,23)/t20-/m0/s1. The lowest BCUT2D eigenvalue weighted by atomic mass is 9.99. The van der Waals surface area contributed by atoms with Gasteiger partial charge in [0.2, 0.25) is 5.91 Å². The van der Waals surface area contributed by atoms with E-state index in [-0.39, 0.29) is 11.9 Å². The lowest BCUT2D eigenvalue weighted by Gasteiger charge is -2.33. The molecule has 1 atom stereocenters. The van der Waals surface area contributed by atoms with Gasteiger partial charge >= 0.3 is 0 Å². The Labute approximate surface area is 159 Å². The number of nitrogens with zero attached hydrogens (tertiary/aromatic N) is 3. The molecule has 0 bridgehead atoms. The molecule has 0 radical (unpaired) electrons. The molecule has 1 amide bonds. The van der Waals surface area contributed by atoms with Crippen LogP contribution < -0.4 is 0 Å². The number of thiazole rings is 1. The smallest absolute Gasteiger partial charge is 0.223 e. The molecule has 0 saturated carbocycles. The number of nitrogens with one attached hydrogen (secondary N) is 1. The highest BCUT2D eigenvalue weighted by Gasteiger charge is 2.36. The molecular formula is C20H18N4O2S. The third-order valence-electron chi connectivity index (χ3n) is 5.00. The van der Waals surface area contributed by atoms with E-state index >= 15 is 0 Å². The Balaban J connectivity index is 1.49. The van der Waals surface area contributed by atoms with Gasteiger partial charge in [0.15, 0.2) is 0 Å². The summed E-state index contributed by atoms with van der Waals surface area (Å²) < 4.78 is 6.11. The molecule has 1 aliphatic heterocycles. The number of para-hydroxylation sites is 1. The Bertz CT molecular complexity index is 1050. The molecule has 0 saturated heterocycles. The fourth-order valence-electron chi connectivity index (χ4n) is 3.70. The maximum Gasteiger partial charge on any atom is 0.223 e. The molecular weight excluding hydrogens is 360 g/mol. The van der Waals surface area contributed by atoms with E-state index in [1.165, 1.54) is 0 Å². The summed E-state index contributed by atoms with van der Waals surface area (Å²) in [4.78, 5) is 26.9. The number of hydrogen-bond donors (Lipinski definition) is 1. The second-order valence-corrected chi connectivity index (χ2v) is 7.60. The summed E-state index contributed by atoms with van der Waals surface area (Å²) in [6.45, 7) is 0.646. The molecule has 5 rings (SSSR count). The number of H-pyrrole nitrogens is 1. The third kappa shape index (κ3) is 2.94. The highest BCUT2D eigenvalue weighted by Crippen LogP contribution is 2.36. The van der Waals surface area contributed by atoms with Crippen molar-refractivity contribution in [2.24, 2.45) is 0 Å². The molecule has 3 aromatic heterocycles. The van der Waals surface area contributed by atoms with Gasteiger partial charge in [-0.25, -0.2) is 9.97 Å². The Morgan fingerprint density at radius 2 is 2.26 bits per heavy atom. The van der Waals surface area contributed by atoms with Crippen molar-refractivity contribution in [1.29, 1.82) is 0 Å². The van der Waals surface area contributed by atoms with Crippen LogP contribution in [0.4, 0.5) is 0 Å². The largest absolute Gasteiger partial charge is 0.458 e. The van der Waals surface area contributed by atoms with Crippen molar-refractivity contribution < 1.29 is 9.21 Å². The number of amides is 1. The second kappa shape index (κ2) is 6.66. The van der Waals surface area contributed by atoms with Crippen molar-refractivity contribution >= 4 is 28.2 Å². The molecule has 7 heteroatoms. The van der Waals surface area contributed by atoms with Crippen LogP contribution >= 0.6 is 11.3 Å². The fraction of sp³-hybridized carbons (Fsp3) is 0.250. The summed E-state index contributed by atoms with van der Waals surface area (Å²) in [5, 5.41) is 3.96. The first-order valence-electron chi connectivity index (χ1n) is 8.98. The Kier molecular flexibility index (Phi) is 4.01. The zero-order valence-electron chi connectivity index (χ0n) is 14.6. The molecule has 6 nitrogen and oxygen atoms in total. The zero-order valence-corrected chi connectivity index (χ0v) is 15.4. The van der Waals surface area contributed by atoms with Crippen LogP contribution in [0.3, 0.4) is 0 Å². The summed E-state index contributed by atoms with van der Waals surface area (Å²) in [5.41, 5.74) is 2.78. The predicted molar refractivity (Wildman–Crippen MR) is 102 cm³/mol. The van der Waals surface area contributed by atoms with E-state index in [4.69, 9.17) is 4.42 Å². The molecule has 0 fully saturated rings. The maximum atomic E-state index is 13.0. The molecule has 0 spiro atoms. The number of aromatic nitrogens is 3. The number of carbonyl (C=O) groups excluding carboxylic acids is 1. The average molecular weight is 378 g/mol. The van der Waals surface area contributed by atoms with Crippen LogP contribution in [0.25, 0.3) is 11.0 Å². The van der Waals surface area contributed by atoms with Crippen molar-refractivity contribution in [3.05, 3.63) is 70.4 Å². The topological polar surface area (TPSA) is 75.0 Å². The molecule has 0 aliphatic carbocycles. The van der Waals surface area contributed by atoms with E-state index in [0.717, 1.165) is 39.5 Å². The number of imidazole rings is 1. The summed E-state index contributed by atoms with van der Waals surface area (Å²) in [6.07, 6.45) is 5.34. The van der Waals surface area contributed by atoms with Gasteiger partial charge in [0.05, 0.1) is 17.0 Å². The number of aromatic amines is 1. The Morgan fingerprint density at radius 3 is 3.11 bits per heavy atom. The Hall–Kier alpha value is -2.93. The van der Waals surface area contributed by atoms with Crippen molar-refractivity contribution in [2.45, 2.75) is 25.3 Å². The first-order valence-corrected chi connectivity index (χ1v) is 9.86. The van der Waals surface area contributed by atoms with E-state index in [9.17, 15) is 4.79 Å². The quantitative estimate of drug-likeness (QED) is 0.587. The second-order valence-electron chi connectivity index (χ2n) is 6.62. The first-order chi connectivity index (χ1) is 13.3. The molecule has 1 aromatic carbocycles. The van der Waals surface area contributed by atoms with Gasteiger partial charge in [0, 0.05) is 48.5 Å². The molecule has 136 valence electrons. The zero-order chi connectivity index (χ0) is 18.2. The number of rotatable bonds is 4. The van der Waals surface area contributed by atoms with Gasteiger partial charge in [-0.05, 0) is 12.1 Å². The SMILES string of the molecule is O=C(CCc1nccs1)N1CCc2[nH]cnc2[C@@H]1c1cc2ccccc2o1. The predicted octanol–water partition coefficient (Wildman–Crippen LogP) is 3.72. The first kappa shape index (κ1) is 16.3. The fourth-order valence-corrected chi connectivity index (χ4v) is 4.32. The summed E-state index contributed by atoms with van der Waals surface area (Å²) in [5.74, 6) is 0.858. The van der Waals surface area contributed by atoms with Gasteiger partial charge in [-0.2, -0.15) is 0 Å². The number of furan rings is 1. The number of carbonyl (C=O) groups is 1. The van der Waals surface area contributed by atoms with Gasteiger partial charge in [0.25, 0.3) is 0 Å². The molecule has 1 N–H and O–H groups in total. The number of fused-ring (bicyclic) bond motifs is 2. The van der Waals surface area contributed by atoms with E-state index in [1.807, 2.05) is 40.6 Å². The highest BCUT2D eigenvalue weighted by atomic mass is 32.1. The van der Waals surface area contributed by atoms with Crippen molar-refractivity contribution in [1.82, 2.24) is 19.9 Å². The monoisotopic (exact) mass is 378 g/mol. The molecule has 0 unspecified atom stereocenters. The van der Waals surface area contributed by atoms with Gasteiger partial charge < -0.3 is 14.3 Å². The van der Waals surface area contributed by atoms with E-state index in [1.54, 1.807) is 23.9 Å². The van der Waals surface area contributed by atoms with Gasteiger partial charge in [0.1, 0.15) is 17.4 Å². The Morgan fingerprint density at radius 1 is 1.33 bits per heavy atom. The minimum Gasteiger partial charge on any atom is -0.458 e. The van der Waals surface area contributed by atoms with Gasteiger partial charge in [-0.3, -0.25) is 4.79 Å². The van der Waals surface area contributed by atoms with Crippen molar-refractivity contribution in [3.63, 3.8) is 0 Å². The lowest BCUT2D eigenvalue weighted by molar-refractivity contribution is -0.133. The maximum absolute atomic E-state index is 13.0. The summed E-state index contributed by atoms with van der Waals surface area (Å²) >= 11 is 1.58. The van der Waals surface area contributed by atoms with Crippen LogP contribution in [0.2, 0.25) is 0 Å². The van der Waals surface area contributed by atoms with E-state index in [2.05, 4.69) is 15.0 Å². The highest BCUT2D eigenvalue weighted by molar-refractivity contribution is 7.09. The molecule has 1 aliphatic rings. The van der Waals surface area contributed by atoms with E-state index < -0.39 is 0 Å². The van der Waals surface area contributed by atoms with Crippen LogP contribution in [0.1, 0.15) is 34.6 Å². The number of aryl methyl sites for hydroxylation is 1. The van der Waals surface area contributed by atoms with Crippen LogP contribution in [0, 0.1) is 0 Å². The summed E-state index contributed by atoms with van der Waals surface area (Å²) in [7, 11) is 0. The van der Waals surface area contributed by atoms with Crippen LogP contribution in [-0.4, -0.2) is 32.3 Å². The molecule has 4 heterocycles.